The molecule has 0 bridgehead atoms. The molecule has 0 spiro atoms. The first kappa shape index (κ1) is 13.7. The Bertz CT molecular complexity index is 895. The Balaban J connectivity index is 1.74. The zero-order valence-corrected chi connectivity index (χ0v) is 12.3. The van der Waals surface area contributed by atoms with Crippen LogP contribution in [0.25, 0.3) is 5.78 Å². The van der Waals surface area contributed by atoms with Crippen molar-refractivity contribution in [3.8, 4) is 0 Å². The number of H-pyrrole nitrogens is 1. The van der Waals surface area contributed by atoms with Gasteiger partial charge in [-0.3, -0.25) is 14.0 Å². The third-order valence-corrected chi connectivity index (χ3v) is 4.18. The molecular weight excluding hydrogens is 298 g/mol. The summed E-state index contributed by atoms with van der Waals surface area (Å²) in [6, 6.07) is 2.88. The number of hydrogen-bond donors (Lipinski definition) is 1. The van der Waals surface area contributed by atoms with Gasteiger partial charge in [0.1, 0.15) is 0 Å². The van der Waals surface area contributed by atoms with Crippen molar-refractivity contribution in [2.24, 2.45) is 0 Å². The molecule has 1 N–H and O–H groups in total. The van der Waals surface area contributed by atoms with Crippen LogP contribution in [-0.2, 0) is 0 Å². The maximum atomic E-state index is 12.6. The molecule has 1 fully saturated rings. The first-order valence-corrected chi connectivity index (χ1v) is 7.52. The number of fused-ring (bicyclic) bond motifs is 1. The molecule has 4 heterocycles. The van der Waals surface area contributed by atoms with Crippen molar-refractivity contribution in [1.29, 1.82) is 0 Å². The standard InChI is InChI=1S/C15H15N5O3/c21-13-9-10(18-15-16-6-8-20(13)15)11-3-1-2-7-19(11)14(22)12-4-5-17-23-12/h4-6,8-9,11H,1-3,7H2,(H,16,18). The number of amides is 1. The van der Waals surface area contributed by atoms with Gasteiger partial charge in [0, 0.05) is 36.8 Å². The number of likely N-dealkylation sites (tertiary alicyclic amines) is 1. The fourth-order valence-corrected chi connectivity index (χ4v) is 3.09. The van der Waals surface area contributed by atoms with Gasteiger partial charge in [0.05, 0.1) is 12.2 Å². The second kappa shape index (κ2) is 5.38. The molecule has 0 radical (unpaired) electrons. The Morgan fingerprint density at radius 2 is 2.26 bits per heavy atom. The van der Waals surface area contributed by atoms with Gasteiger partial charge in [-0.1, -0.05) is 5.16 Å². The Morgan fingerprint density at radius 1 is 1.35 bits per heavy atom. The third kappa shape index (κ3) is 2.32. The minimum atomic E-state index is -0.212. The highest BCUT2D eigenvalue weighted by molar-refractivity contribution is 5.91. The number of carbonyl (C=O) groups excluding carboxylic acids is 1. The van der Waals surface area contributed by atoms with E-state index in [1.165, 1.54) is 16.7 Å². The second-order valence-corrected chi connectivity index (χ2v) is 5.57. The largest absolute Gasteiger partial charge is 0.351 e. The van der Waals surface area contributed by atoms with Crippen molar-refractivity contribution in [2.75, 3.05) is 6.54 Å². The molecule has 1 saturated heterocycles. The van der Waals surface area contributed by atoms with Gasteiger partial charge >= 0.3 is 0 Å². The lowest BCUT2D eigenvalue weighted by Crippen LogP contribution is -2.39. The smallest absolute Gasteiger partial charge is 0.293 e. The Labute approximate surface area is 130 Å². The number of imidazole rings is 1. The van der Waals surface area contributed by atoms with E-state index in [9.17, 15) is 9.59 Å². The van der Waals surface area contributed by atoms with E-state index in [2.05, 4.69) is 15.1 Å². The maximum Gasteiger partial charge on any atom is 0.293 e. The summed E-state index contributed by atoms with van der Waals surface area (Å²) in [5, 5.41) is 3.59. The van der Waals surface area contributed by atoms with Gasteiger partial charge in [-0.25, -0.2) is 4.98 Å². The molecule has 23 heavy (non-hydrogen) atoms. The van der Waals surface area contributed by atoms with Crippen LogP contribution in [-0.4, -0.2) is 36.9 Å². The molecule has 0 aromatic carbocycles. The van der Waals surface area contributed by atoms with Gasteiger partial charge in [-0.05, 0) is 19.3 Å². The van der Waals surface area contributed by atoms with Crippen LogP contribution >= 0.6 is 0 Å². The molecule has 0 saturated carbocycles. The predicted molar refractivity (Wildman–Crippen MR) is 79.9 cm³/mol. The summed E-state index contributed by atoms with van der Waals surface area (Å²) < 4.78 is 6.42. The van der Waals surface area contributed by atoms with Crippen molar-refractivity contribution in [3.05, 3.63) is 52.5 Å². The molecule has 118 valence electrons. The maximum absolute atomic E-state index is 12.6. The summed E-state index contributed by atoms with van der Waals surface area (Å²) in [7, 11) is 0. The number of rotatable bonds is 2. The van der Waals surface area contributed by atoms with E-state index in [1.807, 2.05) is 0 Å². The number of piperidine rings is 1. The van der Waals surface area contributed by atoms with Crippen LogP contribution in [0.2, 0.25) is 0 Å². The van der Waals surface area contributed by atoms with Crippen LogP contribution in [0.3, 0.4) is 0 Å². The van der Waals surface area contributed by atoms with Crippen molar-refractivity contribution in [3.63, 3.8) is 0 Å². The number of aromatic nitrogens is 4. The van der Waals surface area contributed by atoms with E-state index in [4.69, 9.17) is 4.52 Å². The molecule has 8 heteroatoms. The summed E-state index contributed by atoms with van der Waals surface area (Å²) in [5.41, 5.74) is 0.533. The molecule has 3 aromatic rings. The molecule has 1 aliphatic rings. The van der Waals surface area contributed by atoms with E-state index < -0.39 is 0 Å². The first-order chi connectivity index (χ1) is 11.2. The number of hydrogen-bond acceptors (Lipinski definition) is 5. The fraction of sp³-hybridized carbons (Fsp3) is 0.333. The first-order valence-electron chi connectivity index (χ1n) is 7.52. The summed E-state index contributed by atoms with van der Waals surface area (Å²) in [4.78, 5) is 33.8. The number of carbonyl (C=O) groups is 1. The highest BCUT2D eigenvalue weighted by atomic mass is 16.5. The minimum absolute atomic E-state index is 0.163. The summed E-state index contributed by atoms with van der Waals surface area (Å²) in [5.74, 6) is 0.475. The van der Waals surface area contributed by atoms with E-state index >= 15 is 0 Å². The Kier molecular flexibility index (Phi) is 3.22. The van der Waals surface area contributed by atoms with Gasteiger partial charge in [0.25, 0.3) is 11.5 Å². The van der Waals surface area contributed by atoms with Crippen molar-refractivity contribution in [2.45, 2.75) is 25.3 Å². The molecule has 8 nitrogen and oxygen atoms in total. The fourth-order valence-electron chi connectivity index (χ4n) is 3.09. The highest BCUT2D eigenvalue weighted by Gasteiger charge is 2.31. The summed E-state index contributed by atoms with van der Waals surface area (Å²) >= 11 is 0. The molecule has 1 aliphatic heterocycles. The van der Waals surface area contributed by atoms with Crippen molar-refractivity contribution >= 4 is 11.7 Å². The zero-order chi connectivity index (χ0) is 15.8. The van der Waals surface area contributed by atoms with Crippen LogP contribution in [0, 0.1) is 0 Å². The van der Waals surface area contributed by atoms with E-state index in [0.29, 0.717) is 18.0 Å². The van der Waals surface area contributed by atoms with Crippen LogP contribution in [0.1, 0.15) is 41.6 Å². The Morgan fingerprint density at radius 3 is 3.09 bits per heavy atom. The average molecular weight is 313 g/mol. The number of nitrogens with one attached hydrogen (secondary N) is 1. The lowest BCUT2D eigenvalue weighted by Gasteiger charge is -2.35. The van der Waals surface area contributed by atoms with Crippen LogP contribution in [0.15, 0.2) is 40.0 Å². The van der Waals surface area contributed by atoms with E-state index in [1.54, 1.807) is 23.4 Å². The molecular formula is C15H15N5O3. The lowest BCUT2D eigenvalue weighted by molar-refractivity contribution is 0.0564. The number of aromatic amines is 1. The van der Waals surface area contributed by atoms with Crippen molar-refractivity contribution in [1.82, 2.24) is 24.4 Å². The van der Waals surface area contributed by atoms with Gasteiger partial charge < -0.3 is 14.4 Å². The quantitative estimate of drug-likeness (QED) is 0.771. The summed E-state index contributed by atoms with van der Waals surface area (Å²) in [6.07, 6.45) is 7.32. The zero-order valence-electron chi connectivity index (χ0n) is 12.3. The molecule has 1 atom stereocenters. The molecule has 1 unspecified atom stereocenters. The Hall–Kier alpha value is -2.90. The molecule has 0 aliphatic carbocycles. The topological polar surface area (TPSA) is 96.5 Å². The predicted octanol–water partition coefficient (Wildman–Crippen LogP) is 1.38. The SMILES string of the molecule is O=C(c1ccno1)N1CCCCC1c1cc(=O)n2ccnc2[nH]1. The molecule has 3 aromatic heterocycles. The van der Waals surface area contributed by atoms with Gasteiger partial charge in [0.15, 0.2) is 0 Å². The van der Waals surface area contributed by atoms with E-state index in [-0.39, 0.29) is 23.3 Å². The minimum Gasteiger partial charge on any atom is -0.351 e. The van der Waals surface area contributed by atoms with Gasteiger partial charge in [0.2, 0.25) is 11.5 Å². The third-order valence-electron chi connectivity index (χ3n) is 4.18. The van der Waals surface area contributed by atoms with Crippen LogP contribution in [0.4, 0.5) is 0 Å². The van der Waals surface area contributed by atoms with Gasteiger partial charge in [-0.15, -0.1) is 0 Å². The van der Waals surface area contributed by atoms with Crippen molar-refractivity contribution < 1.29 is 9.32 Å². The molecule has 1 amide bonds. The van der Waals surface area contributed by atoms with E-state index in [0.717, 1.165) is 19.3 Å². The number of nitrogens with zero attached hydrogens (tertiary/aromatic N) is 4. The van der Waals surface area contributed by atoms with Crippen LogP contribution < -0.4 is 5.56 Å². The molecule has 4 rings (SSSR count). The lowest BCUT2D eigenvalue weighted by atomic mass is 9.98. The van der Waals surface area contributed by atoms with Gasteiger partial charge in [-0.2, -0.15) is 0 Å². The monoisotopic (exact) mass is 313 g/mol. The normalized spacial score (nSPS) is 18.4. The summed E-state index contributed by atoms with van der Waals surface area (Å²) in [6.45, 7) is 0.617. The average Bonchev–Trinajstić information content (AvgIpc) is 3.25. The van der Waals surface area contributed by atoms with Crippen LogP contribution in [0.5, 0.6) is 0 Å². The second-order valence-electron chi connectivity index (χ2n) is 5.57. The highest BCUT2D eigenvalue weighted by Crippen LogP contribution is 2.30.